The highest BCUT2D eigenvalue weighted by Crippen LogP contribution is 2.30. The monoisotopic (exact) mass is 460 g/mol. The highest BCUT2D eigenvalue weighted by molar-refractivity contribution is 5.98. The van der Waals surface area contributed by atoms with Crippen LogP contribution in [-0.4, -0.2) is 49.9 Å². The molecule has 1 atom stereocenters. The van der Waals surface area contributed by atoms with Crippen molar-refractivity contribution in [1.29, 1.82) is 0 Å². The number of alkyl halides is 3. The van der Waals surface area contributed by atoms with Crippen LogP contribution in [0.2, 0.25) is 0 Å². The lowest BCUT2D eigenvalue weighted by atomic mass is 9.95. The Morgan fingerprint density at radius 2 is 1.94 bits per heavy atom. The van der Waals surface area contributed by atoms with E-state index in [1.54, 1.807) is 6.07 Å². The number of rotatable bonds is 5. The summed E-state index contributed by atoms with van der Waals surface area (Å²) in [6, 6.07) is 5.85. The third kappa shape index (κ3) is 4.71. The van der Waals surface area contributed by atoms with E-state index in [-0.39, 0.29) is 23.6 Å². The molecule has 7 nitrogen and oxygen atoms in total. The Bertz CT molecular complexity index is 1140. The number of hydrogen-bond donors (Lipinski definition) is 1. The lowest BCUT2D eigenvalue weighted by Gasteiger charge is -2.38. The average Bonchev–Trinajstić information content (AvgIpc) is 3.32. The molecule has 1 aromatic carbocycles. The largest absolute Gasteiger partial charge is 0.417 e. The van der Waals surface area contributed by atoms with Gasteiger partial charge in [-0.3, -0.25) is 4.79 Å². The van der Waals surface area contributed by atoms with Gasteiger partial charge in [-0.1, -0.05) is 18.2 Å². The smallest absolute Gasteiger partial charge is 0.368 e. The van der Waals surface area contributed by atoms with Gasteiger partial charge < -0.3 is 10.2 Å². The summed E-state index contributed by atoms with van der Waals surface area (Å²) >= 11 is 0. The van der Waals surface area contributed by atoms with Crippen LogP contribution in [0.4, 0.5) is 23.4 Å². The number of carbonyl (C=O) groups excluding carboxylic acids is 1. The van der Waals surface area contributed by atoms with Crippen molar-refractivity contribution in [1.82, 2.24) is 24.9 Å². The van der Waals surface area contributed by atoms with Crippen LogP contribution in [0.15, 0.2) is 61.1 Å². The molecule has 0 aliphatic carbocycles. The lowest BCUT2D eigenvalue weighted by Crippen LogP contribution is -2.48. The molecule has 0 radical (unpaired) electrons. The molecule has 172 valence electrons. The SMILES string of the molecule is C=C1CCCN(C(=O)c2c(F)cccc2-n2nccn2)[C@@H]1CNc1ccc(C(F)(F)F)cn1. The van der Waals surface area contributed by atoms with Crippen molar-refractivity contribution in [3.8, 4) is 5.69 Å². The van der Waals surface area contributed by atoms with Gasteiger partial charge >= 0.3 is 6.18 Å². The van der Waals surface area contributed by atoms with E-state index < -0.39 is 29.5 Å². The van der Waals surface area contributed by atoms with E-state index in [2.05, 4.69) is 27.1 Å². The third-order valence-corrected chi connectivity index (χ3v) is 5.41. The van der Waals surface area contributed by atoms with E-state index in [9.17, 15) is 22.4 Å². The molecule has 1 fully saturated rings. The van der Waals surface area contributed by atoms with E-state index in [0.29, 0.717) is 19.4 Å². The molecule has 1 aliphatic rings. The van der Waals surface area contributed by atoms with Gasteiger partial charge in [0, 0.05) is 19.3 Å². The molecular formula is C22H20F4N6O. The summed E-state index contributed by atoms with van der Waals surface area (Å²) < 4.78 is 53.1. The first-order valence-corrected chi connectivity index (χ1v) is 10.2. The lowest BCUT2D eigenvalue weighted by molar-refractivity contribution is -0.137. The number of nitrogens with zero attached hydrogens (tertiary/aromatic N) is 5. The van der Waals surface area contributed by atoms with Crippen LogP contribution in [0.25, 0.3) is 5.69 Å². The second-order valence-electron chi connectivity index (χ2n) is 7.54. The molecule has 3 aromatic rings. The van der Waals surface area contributed by atoms with Crippen molar-refractivity contribution in [2.45, 2.75) is 25.1 Å². The number of aromatic nitrogens is 4. The number of pyridine rings is 1. The second-order valence-corrected chi connectivity index (χ2v) is 7.54. The number of anilines is 1. The van der Waals surface area contributed by atoms with E-state index in [0.717, 1.165) is 17.8 Å². The Hall–Kier alpha value is -3.76. The van der Waals surface area contributed by atoms with E-state index in [1.165, 1.54) is 40.3 Å². The number of halogens is 4. The number of hydrogen-bond acceptors (Lipinski definition) is 5. The van der Waals surface area contributed by atoms with Gasteiger partial charge in [0.1, 0.15) is 22.9 Å². The van der Waals surface area contributed by atoms with Crippen molar-refractivity contribution in [3.63, 3.8) is 0 Å². The van der Waals surface area contributed by atoms with Gasteiger partial charge in [-0.05, 0) is 37.1 Å². The van der Waals surface area contributed by atoms with Gasteiger partial charge in [-0.25, -0.2) is 9.37 Å². The first-order valence-electron chi connectivity index (χ1n) is 10.2. The Morgan fingerprint density at radius 1 is 1.18 bits per heavy atom. The predicted octanol–water partition coefficient (Wildman–Crippen LogP) is 4.09. The molecule has 0 bridgehead atoms. The van der Waals surface area contributed by atoms with Crippen LogP contribution in [0, 0.1) is 5.82 Å². The van der Waals surface area contributed by atoms with Crippen LogP contribution >= 0.6 is 0 Å². The molecule has 1 saturated heterocycles. The molecule has 0 saturated carbocycles. The van der Waals surface area contributed by atoms with E-state index in [1.807, 2.05) is 0 Å². The highest BCUT2D eigenvalue weighted by Gasteiger charge is 2.33. The molecule has 1 aliphatic heterocycles. The van der Waals surface area contributed by atoms with Gasteiger partial charge in [0.05, 0.1) is 24.0 Å². The minimum absolute atomic E-state index is 0.159. The molecule has 1 N–H and O–H groups in total. The zero-order chi connectivity index (χ0) is 23.6. The molecule has 0 unspecified atom stereocenters. The van der Waals surface area contributed by atoms with Crippen molar-refractivity contribution in [3.05, 3.63) is 78.0 Å². The maximum atomic E-state index is 14.8. The number of likely N-dealkylation sites (tertiary alicyclic amines) is 1. The summed E-state index contributed by atoms with van der Waals surface area (Å²) in [5.41, 5.74) is -0.0614. The summed E-state index contributed by atoms with van der Waals surface area (Å²) in [4.78, 5) is 20.0. The molecular weight excluding hydrogens is 440 g/mol. The highest BCUT2D eigenvalue weighted by atomic mass is 19.4. The number of nitrogens with one attached hydrogen (secondary N) is 1. The van der Waals surface area contributed by atoms with Gasteiger partial charge in [0.25, 0.3) is 5.91 Å². The summed E-state index contributed by atoms with van der Waals surface area (Å²) in [5.74, 6) is -1.03. The van der Waals surface area contributed by atoms with E-state index in [4.69, 9.17) is 0 Å². The van der Waals surface area contributed by atoms with Gasteiger partial charge in [-0.15, -0.1) is 0 Å². The molecule has 3 heterocycles. The molecule has 4 rings (SSSR count). The minimum atomic E-state index is -4.48. The molecule has 2 aromatic heterocycles. The number of amides is 1. The standard InChI is InChI=1S/C22H20F4N6O/c1-14-4-3-11-31(18(14)13-28-19-8-7-15(12-27-19)22(24,25)26)21(33)20-16(23)5-2-6-17(20)32-29-9-10-30-32/h2,5-10,12,18H,1,3-4,11,13H2,(H,27,28)/t18-/m1/s1. The van der Waals surface area contributed by atoms with Crippen LogP contribution in [0.3, 0.4) is 0 Å². The average molecular weight is 460 g/mol. The van der Waals surface area contributed by atoms with Gasteiger partial charge in [0.2, 0.25) is 0 Å². The van der Waals surface area contributed by atoms with Crippen LogP contribution in [0.1, 0.15) is 28.8 Å². The minimum Gasteiger partial charge on any atom is -0.368 e. The quantitative estimate of drug-likeness (QED) is 0.459. The van der Waals surface area contributed by atoms with Crippen molar-refractivity contribution < 1.29 is 22.4 Å². The summed E-state index contributed by atoms with van der Waals surface area (Å²) in [5, 5.41) is 11.0. The topological polar surface area (TPSA) is 75.9 Å². The molecule has 1 amide bonds. The Morgan fingerprint density at radius 3 is 2.61 bits per heavy atom. The Balaban J connectivity index is 1.57. The maximum absolute atomic E-state index is 14.8. The van der Waals surface area contributed by atoms with E-state index >= 15 is 0 Å². The predicted molar refractivity (Wildman–Crippen MR) is 112 cm³/mol. The molecule has 11 heteroatoms. The van der Waals surface area contributed by atoms with Gasteiger partial charge in [0.15, 0.2) is 0 Å². The number of benzene rings is 1. The van der Waals surface area contributed by atoms with Crippen LogP contribution < -0.4 is 5.32 Å². The normalized spacial score (nSPS) is 16.7. The zero-order valence-electron chi connectivity index (χ0n) is 17.4. The Kier molecular flexibility index (Phi) is 6.12. The van der Waals surface area contributed by atoms with Crippen LogP contribution in [-0.2, 0) is 6.18 Å². The van der Waals surface area contributed by atoms with Crippen LogP contribution in [0.5, 0.6) is 0 Å². The first-order chi connectivity index (χ1) is 15.8. The van der Waals surface area contributed by atoms with Crippen molar-refractivity contribution in [2.75, 3.05) is 18.4 Å². The summed E-state index contributed by atoms with van der Waals surface area (Å²) in [7, 11) is 0. The number of piperidine rings is 1. The number of carbonyl (C=O) groups is 1. The molecule has 0 spiro atoms. The summed E-state index contributed by atoms with van der Waals surface area (Å²) in [6.45, 7) is 4.57. The third-order valence-electron chi connectivity index (χ3n) is 5.41. The molecule has 33 heavy (non-hydrogen) atoms. The first kappa shape index (κ1) is 22.4. The Labute approximate surface area is 186 Å². The maximum Gasteiger partial charge on any atom is 0.417 e. The fraction of sp³-hybridized carbons (Fsp3) is 0.273. The fourth-order valence-electron chi connectivity index (χ4n) is 3.76. The zero-order valence-corrected chi connectivity index (χ0v) is 17.4. The van der Waals surface area contributed by atoms with Crippen molar-refractivity contribution >= 4 is 11.7 Å². The van der Waals surface area contributed by atoms with Crippen molar-refractivity contribution in [2.24, 2.45) is 0 Å². The summed E-state index contributed by atoms with van der Waals surface area (Å²) in [6.07, 6.45) is 0.430. The second kappa shape index (κ2) is 9.00. The van der Waals surface area contributed by atoms with Gasteiger partial charge in [-0.2, -0.15) is 28.2 Å². The fourth-order valence-corrected chi connectivity index (χ4v) is 3.76.